The highest BCUT2D eigenvalue weighted by molar-refractivity contribution is 6.05. The first-order valence-electron chi connectivity index (χ1n) is 12.8. The number of amides is 1. The lowest BCUT2D eigenvalue weighted by molar-refractivity contribution is -0.137. The average Bonchev–Trinajstić information content (AvgIpc) is 2.85. The van der Waals surface area contributed by atoms with E-state index in [0.717, 1.165) is 12.1 Å². The molecule has 0 saturated carbocycles. The minimum absolute atomic E-state index is 0.0547. The van der Waals surface area contributed by atoms with Gasteiger partial charge in [-0.05, 0) is 49.8 Å². The number of piperidine rings is 1. The lowest BCUT2D eigenvalue weighted by Crippen LogP contribution is -2.42. The molecule has 2 aromatic carbocycles. The van der Waals surface area contributed by atoms with E-state index in [-0.39, 0.29) is 37.2 Å². The van der Waals surface area contributed by atoms with Crippen molar-refractivity contribution in [2.75, 3.05) is 23.3 Å². The van der Waals surface area contributed by atoms with E-state index in [2.05, 4.69) is 5.32 Å². The molecule has 2 aliphatic heterocycles. The lowest BCUT2D eigenvalue weighted by Gasteiger charge is -2.34. The summed E-state index contributed by atoms with van der Waals surface area (Å²) in [4.78, 5) is 27.7. The summed E-state index contributed by atoms with van der Waals surface area (Å²) in [6.07, 6.45) is -3.51. The number of carbonyl (C=O) groups excluding carboxylic acids is 1. The molecule has 0 atom stereocenters. The van der Waals surface area contributed by atoms with Crippen LogP contribution in [-0.4, -0.2) is 35.1 Å². The van der Waals surface area contributed by atoms with Crippen molar-refractivity contribution in [3.63, 3.8) is 0 Å². The molecular weight excluding hydrogens is 533 g/mol. The molecule has 3 aromatic rings. The zero-order chi connectivity index (χ0) is 29.0. The number of fused-ring (bicyclic) bond motifs is 2. The molecule has 3 heterocycles. The first-order valence-corrected chi connectivity index (χ1v) is 12.8. The third-order valence-electron chi connectivity index (χ3n) is 7.27. The first-order chi connectivity index (χ1) is 18.6. The van der Waals surface area contributed by atoms with Crippen molar-refractivity contribution >= 4 is 33.8 Å². The molecule has 1 amide bonds. The fourth-order valence-corrected chi connectivity index (χ4v) is 5.23. The van der Waals surface area contributed by atoms with Crippen molar-refractivity contribution in [2.24, 2.45) is 7.05 Å². The predicted molar refractivity (Wildman–Crippen MR) is 143 cm³/mol. The minimum Gasteiger partial charge on any atom is -0.487 e. The van der Waals surface area contributed by atoms with Gasteiger partial charge in [-0.1, -0.05) is 12.1 Å². The van der Waals surface area contributed by atoms with Crippen LogP contribution in [0.3, 0.4) is 0 Å². The Morgan fingerprint density at radius 1 is 1.05 bits per heavy atom. The van der Waals surface area contributed by atoms with Gasteiger partial charge in [-0.15, -0.1) is 0 Å². The number of nitrogens with one attached hydrogen (secondary N) is 1. The van der Waals surface area contributed by atoms with E-state index in [1.807, 2.05) is 0 Å². The van der Waals surface area contributed by atoms with Gasteiger partial charge in [0, 0.05) is 62.1 Å². The molecule has 1 aromatic heterocycles. The van der Waals surface area contributed by atoms with Crippen molar-refractivity contribution in [3.8, 4) is 5.75 Å². The molecule has 1 saturated heterocycles. The van der Waals surface area contributed by atoms with Crippen LogP contribution in [0.25, 0.3) is 16.5 Å². The van der Waals surface area contributed by atoms with Crippen LogP contribution in [0.4, 0.5) is 33.3 Å². The summed E-state index contributed by atoms with van der Waals surface area (Å²) in [6, 6.07) is 9.90. The molecule has 2 aliphatic rings. The van der Waals surface area contributed by atoms with Gasteiger partial charge in [-0.3, -0.25) is 9.59 Å². The van der Waals surface area contributed by atoms with Crippen molar-refractivity contribution in [1.82, 2.24) is 4.57 Å². The maximum Gasteiger partial charge on any atom is 0.416 e. The highest BCUT2D eigenvalue weighted by Crippen LogP contribution is 2.43. The van der Waals surface area contributed by atoms with Crippen molar-refractivity contribution in [3.05, 3.63) is 70.0 Å². The van der Waals surface area contributed by atoms with Gasteiger partial charge in [0.2, 0.25) is 5.91 Å². The van der Waals surface area contributed by atoms with E-state index < -0.39 is 29.2 Å². The molecule has 0 bridgehead atoms. The Morgan fingerprint density at radius 3 is 2.42 bits per heavy atom. The van der Waals surface area contributed by atoms with Crippen LogP contribution in [0.15, 0.2) is 53.3 Å². The lowest BCUT2D eigenvalue weighted by atomic mass is 9.88. The fourth-order valence-electron chi connectivity index (χ4n) is 5.23. The Hall–Kier alpha value is -3.89. The van der Waals surface area contributed by atoms with Gasteiger partial charge >= 0.3 is 6.18 Å². The van der Waals surface area contributed by atoms with Crippen LogP contribution in [0.2, 0.25) is 0 Å². The molecule has 0 radical (unpaired) electrons. The van der Waals surface area contributed by atoms with Crippen LogP contribution in [-0.2, 0) is 18.0 Å². The number of rotatable bonds is 3. The number of aryl methyl sites for hydroxylation is 1. The van der Waals surface area contributed by atoms with Gasteiger partial charge in [0.1, 0.15) is 17.0 Å². The summed E-state index contributed by atoms with van der Waals surface area (Å²) in [7, 11) is 1.58. The third-order valence-corrected chi connectivity index (χ3v) is 7.27. The fraction of sp³-hybridized carbons (Fsp3) is 0.379. The maximum absolute atomic E-state index is 13.6. The molecule has 1 fully saturated rings. The Bertz CT molecular complexity index is 1580. The summed E-state index contributed by atoms with van der Waals surface area (Å²) in [5, 5.41) is 3.46. The number of hydrogen-bond acceptors (Lipinski definition) is 4. The van der Waals surface area contributed by atoms with Crippen molar-refractivity contribution < 1.29 is 31.5 Å². The van der Waals surface area contributed by atoms with Crippen LogP contribution in [0, 0.1) is 0 Å². The monoisotopic (exact) mass is 561 g/mol. The number of hydrogen-bond donors (Lipinski definition) is 1. The summed E-state index contributed by atoms with van der Waals surface area (Å²) >= 11 is 0. The van der Waals surface area contributed by atoms with E-state index in [4.69, 9.17) is 4.74 Å². The molecule has 0 aliphatic carbocycles. The number of benzene rings is 2. The van der Waals surface area contributed by atoms with Crippen LogP contribution in [0.1, 0.15) is 44.2 Å². The molecule has 212 valence electrons. The summed E-state index contributed by atoms with van der Waals surface area (Å²) in [6.45, 7) is 3.63. The molecule has 0 unspecified atom stereocenters. The second-order valence-electron chi connectivity index (χ2n) is 10.9. The highest BCUT2D eigenvalue weighted by atomic mass is 19.4. The number of halogens is 5. The van der Waals surface area contributed by atoms with Gasteiger partial charge < -0.3 is 19.5 Å². The van der Waals surface area contributed by atoms with Crippen molar-refractivity contribution in [1.29, 1.82) is 0 Å². The van der Waals surface area contributed by atoms with E-state index in [0.29, 0.717) is 39.8 Å². The number of aromatic nitrogens is 1. The highest BCUT2D eigenvalue weighted by Gasteiger charge is 2.36. The van der Waals surface area contributed by atoms with E-state index in [1.165, 1.54) is 16.7 Å². The van der Waals surface area contributed by atoms with Crippen molar-refractivity contribution in [2.45, 2.75) is 50.8 Å². The molecule has 1 N–H and O–H groups in total. The van der Waals surface area contributed by atoms with Crippen LogP contribution < -0.4 is 20.5 Å². The SMILES string of the molecule is Cn1c(=O)c(N2CCC(F)(F)CC2)cc2ccc(NC(=O)C=C3CC(C)(C)Oc4cc(C(F)(F)F)ccc43)cc21. The number of alkyl halides is 5. The van der Waals surface area contributed by atoms with Crippen LogP contribution >= 0.6 is 0 Å². The van der Waals surface area contributed by atoms with Gasteiger partial charge in [-0.2, -0.15) is 13.2 Å². The van der Waals surface area contributed by atoms with Gasteiger partial charge in [0.15, 0.2) is 0 Å². The number of carbonyl (C=O) groups is 1. The smallest absolute Gasteiger partial charge is 0.416 e. The second-order valence-corrected chi connectivity index (χ2v) is 10.9. The Balaban J connectivity index is 1.41. The summed E-state index contributed by atoms with van der Waals surface area (Å²) < 4.78 is 74.1. The molecular formula is C29H28F5N3O3. The number of anilines is 2. The molecule has 40 heavy (non-hydrogen) atoms. The molecule has 11 heteroatoms. The average molecular weight is 562 g/mol. The first kappa shape index (κ1) is 27.7. The van der Waals surface area contributed by atoms with E-state index >= 15 is 0 Å². The molecule has 5 rings (SSSR count). The van der Waals surface area contributed by atoms with E-state index in [9.17, 15) is 31.5 Å². The number of pyridine rings is 1. The third kappa shape index (κ3) is 5.55. The van der Waals surface area contributed by atoms with Gasteiger partial charge in [0.05, 0.1) is 11.1 Å². The summed E-state index contributed by atoms with van der Waals surface area (Å²) in [5.41, 5.74) is 0.244. The standard InChI is InChI=1S/C29H28F5N3O3/c1-27(2)16-18(21-7-5-19(29(32,33)34)14-24(21)40-27)13-25(38)35-20-6-4-17-12-23(26(39)36(3)22(17)15-20)37-10-8-28(30,31)9-11-37/h4-7,12-15H,8-11,16H2,1-3H3,(H,35,38). The van der Waals surface area contributed by atoms with Gasteiger partial charge in [-0.25, -0.2) is 8.78 Å². The topological polar surface area (TPSA) is 63.6 Å². The number of nitrogens with zero attached hydrogens (tertiary/aromatic N) is 2. The Labute approximate surface area is 227 Å². The van der Waals surface area contributed by atoms with E-state index in [1.54, 1.807) is 50.1 Å². The predicted octanol–water partition coefficient (Wildman–Crippen LogP) is 6.38. The molecule has 6 nitrogen and oxygen atoms in total. The maximum atomic E-state index is 13.6. The minimum atomic E-state index is -4.53. The second kappa shape index (κ2) is 9.64. The molecule has 0 spiro atoms. The van der Waals surface area contributed by atoms with Crippen LogP contribution in [0.5, 0.6) is 5.75 Å². The quantitative estimate of drug-likeness (QED) is 0.298. The number of ether oxygens (including phenoxy) is 1. The van der Waals surface area contributed by atoms with Gasteiger partial charge in [0.25, 0.3) is 11.5 Å². The Morgan fingerprint density at radius 2 is 1.75 bits per heavy atom. The largest absolute Gasteiger partial charge is 0.487 e. The zero-order valence-electron chi connectivity index (χ0n) is 22.2. The summed E-state index contributed by atoms with van der Waals surface area (Å²) in [5.74, 6) is -3.16. The normalized spacial score (nSPS) is 19.3. The Kier molecular flexibility index (Phi) is 6.67. The zero-order valence-corrected chi connectivity index (χ0v) is 22.2.